The fourth-order valence-electron chi connectivity index (χ4n) is 1.70. The predicted molar refractivity (Wildman–Crippen MR) is 80.7 cm³/mol. The third-order valence-corrected chi connectivity index (χ3v) is 2.69. The number of hydrogen-bond donors (Lipinski definition) is 0. The molecular weight excluding hydrogens is 234 g/mol. The standard InChI is InChI=1S/C17H17NO/c1-19-17-11-5-9-15(13-17)10-6-12-18-14-16-7-3-2-4-8-16/h2-13H,14H2,1H3/b10-6+,18-12?. The van der Waals surface area contributed by atoms with Gasteiger partial charge < -0.3 is 4.74 Å². The van der Waals surface area contributed by atoms with E-state index in [0.717, 1.165) is 11.3 Å². The second kappa shape index (κ2) is 7.17. The molecule has 2 heteroatoms. The highest BCUT2D eigenvalue weighted by atomic mass is 16.5. The van der Waals surface area contributed by atoms with Crippen molar-refractivity contribution in [3.63, 3.8) is 0 Å². The van der Waals surface area contributed by atoms with Gasteiger partial charge in [0.2, 0.25) is 0 Å². The topological polar surface area (TPSA) is 21.6 Å². The first-order valence-corrected chi connectivity index (χ1v) is 6.23. The summed E-state index contributed by atoms with van der Waals surface area (Å²) in [4.78, 5) is 4.36. The lowest BCUT2D eigenvalue weighted by molar-refractivity contribution is 0.414. The van der Waals surface area contributed by atoms with E-state index in [-0.39, 0.29) is 0 Å². The SMILES string of the molecule is COc1cccc(/C=C/C=NCc2ccccc2)c1. The van der Waals surface area contributed by atoms with Gasteiger partial charge in [0.15, 0.2) is 0 Å². The summed E-state index contributed by atoms with van der Waals surface area (Å²) in [5.74, 6) is 0.864. The summed E-state index contributed by atoms with van der Waals surface area (Å²) in [6.45, 7) is 0.712. The Balaban J connectivity index is 1.89. The highest BCUT2D eigenvalue weighted by Crippen LogP contribution is 2.13. The molecule has 0 aliphatic heterocycles. The smallest absolute Gasteiger partial charge is 0.119 e. The Labute approximate surface area is 114 Å². The van der Waals surface area contributed by atoms with Gasteiger partial charge >= 0.3 is 0 Å². The Kier molecular flexibility index (Phi) is 4.94. The first-order valence-electron chi connectivity index (χ1n) is 6.23. The summed E-state index contributed by atoms with van der Waals surface area (Å²) in [5, 5.41) is 0. The maximum Gasteiger partial charge on any atom is 0.119 e. The lowest BCUT2D eigenvalue weighted by atomic mass is 10.2. The molecule has 2 aromatic rings. The van der Waals surface area contributed by atoms with Gasteiger partial charge in [0.25, 0.3) is 0 Å². The molecule has 0 fully saturated rings. The lowest BCUT2D eigenvalue weighted by Crippen LogP contribution is -1.82. The number of aliphatic imine (C=N–C) groups is 1. The zero-order chi connectivity index (χ0) is 13.3. The van der Waals surface area contributed by atoms with Crippen LogP contribution in [0, 0.1) is 0 Å². The molecule has 0 unspecified atom stereocenters. The second-order valence-electron chi connectivity index (χ2n) is 4.11. The van der Waals surface area contributed by atoms with E-state index in [9.17, 15) is 0 Å². The number of nitrogens with zero attached hydrogens (tertiary/aromatic N) is 1. The van der Waals surface area contributed by atoms with Crippen LogP contribution in [0.4, 0.5) is 0 Å². The van der Waals surface area contributed by atoms with Gasteiger partial charge in [0.1, 0.15) is 5.75 Å². The molecule has 0 heterocycles. The van der Waals surface area contributed by atoms with E-state index in [2.05, 4.69) is 17.1 Å². The van der Waals surface area contributed by atoms with E-state index in [1.54, 1.807) is 7.11 Å². The lowest BCUT2D eigenvalue weighted by Gasteiger charge is -1.99. The molecule has 2 aromatic carbocycles. The van der Waals surface area contributed by atoms with E-state index in [1.807, 2.05) is 60.8 Å². The van der Waals surface area contributed by atoms with Crippen molar-refractivity contribution in [2.24, 2.45) is 4.99 Å². The first-order chi connectivity index (χ1) is 9.38. The third kappa shape index (κ3) is 4.43. The number of allylic oxidation sites excluding steroid dienone is 1. The summed E-state index contributed by atoms with van der Waals surface area (Å²) < 4.78 is 5.17. The number of benzene rings is 2. The number of rotatable bonds is 5. The molecule has 0 N–H and O–H groups in total. The van der Waals surface area contributed by atoms with Crippen LogP contribution in [0.1, 0.15) is 11.1 Å². The van der Waals surface area contributed by atoms with Crippen LogP contribution in [-0.2, 0) is 6.54 Å². The van der Waals surface area contributed by atoms with Crippen molar-refractivity contribution in [1.29, 1.82) is 0 Å². The molecule has 0 saturated heterocycles. The zero-order valence-corrected chi connectivity index (χ0v) is 11.0. The second-order valence-corrected chi connectivity index (χ2v) is 4.11. The van der Waals surface area contributed by atoms with Gasteiger partial charge in [-0.1, -0.05) is 48.5 Å². The summed E-state index contributed by atoms with van der Waals surface area (Å²) in [6.07, 6.45) is 5.78. The van der Waals surface area contributed by atoms with Crippen molar-refractivity contribution < 1.29 is 4.74 Å². The van der Waals surface area contributed by atoms with E-state index < -0.39 is 0 Å². The van der Waals surface area contributed by atoms with E-state index in [0.29, 0.717) is 6.54 Å². The molecule has 19 heavy (non-hydrogen) atoms. The number of hydrogen-bond acceptors (Lipinski definition) is 2. The predicted octanol–water partition coefficient (Wildman–Crippen LogP) is 3.98. The minimum atomic E-state index is 0.712. The molecule has 0 saturated carbocycles. The van der Waals surface area contributed by atoms with Crippen molar-refractivity contribution in [3.8, 4) is 5.75 Å². The van der Waals surface area contributed by atoms with Crippen molar-refractivity contribution in [2.75, 3.05) is 7.11 Å². The Morgan fingerprint density at radius 1 is 1.05 bits per heavy atom. The van der Waals surface area contributed by atoms with Crippen LogP contribution in [0.2, 0.25) is 0 Å². The van der Waals surface area contributed by atoms with E-state index in [4.69, 9.17) is 4.74 Å². The molecular formula is C17H17NO. The van der Waals surface area contributed by atoms with Gasteiger partial charge in [-0.15, -0.1) is 0 Å². The van der Waals surface area contributed by atoms with Gasteiger partial charge in [-0.05, 0) is 29.3 Å². The Bertz CT molecular complexity index is 558. The Hall–Kier alpha value is -2.35. The van der Waals surface area contributed by atoms with E-state index >= 15 is 0 Å². The molecule has 0 radical (unpaired) electrons. The highest BCUT2D eigenvalue weighted by molar-refractivity contribution is 5.78. The van der Waals surface area contributed by atoms with Crippen LogP contribution in [0.3, 0.4) is 0 Å². The molecule has 0 aliphatic carbocycles. The van der Waals surface area contributed by atoms with Crippen LogP contribution < -0.4 is 4.74 Å². The highest BCUT2D eigenvalue weighted by Gasteiger charge is 1.90. The maximum atomic E-state index is 5.17. The van der Waals surface area contributed by atoms with Gasteiger partial charge in [-0.2, -0.15) is 0 Å². The van der Waals surface area contributed by atoms with Crippen molar-refractivity contribution >= 4 is 12.3 Å². The fourth-order valence-corrected chi connectivity index (χ4v) is 1.70. The van der Waals surface area contributed by atoms with Crippen molar-refractivity contribution in [2.45, 2.75) is 6.54 Å². The molecule has 2 rings (SSSR count). The fraction of sp³-hybridized carbons (Fsp3) is 0.118. The van der Waals surface area contributed by atoms with Crippen LogP contribution >= 0.6 is 0 Å². The minimum absolute atomic E-state index is 0.712. The Morgan fingerprint density at radius 3 is 2.68 bits per heavy atom. The maximum absolute atomic E-state index is 5.17. The average molecular weight is 251 g/mol. The van der Waals surface area contributed by atoms with Crippen LogP contribution in [0.25, 0.3) is 6.08 Å². The van der Waals surface area contributed by atoms with Gasteiger partial charge in [0, 0.05) is 6.21 Å². The van der Waals surface area contributed by atoms with Crippen LogP contribution in [-0.4, -0.2) is 13.3 Å². The molecule has 0 amide bonds. The number of methoxy groups -OCH3 is 1. The van der Waals surface area contributed by atoms with Crippen LogP contribution in [0.5, 0.6) is 5.75 Å². The third-order valence-electron chi connectivity index (χ3n) is 2.69. The van der Waals surface area contributed by atoms with Crippen molar-refractivity contribution in [3.05, 3.63) is 71.8 Å². The average Bonchev–Trinajstić information content (AvgIpc) is 2.48. The zero-order valence-electron chi connectivity index (χ0n) is 11.0. The largest absolute Gasteiger partial charge is 0.497 e. The monoisotopic (exact) mass is 251 g/mol. The quantitative estimate of drug-likeness (QED) is 0.736. The molecule has 96 valence electrons. The van der Waals surface area contributed by atoms with Gasteiger partial charge in [-0.3, -0.25) is 4.99 Å². The normalized spacial score (nSPS) is 11.2. The van der Waals surface area contributed by atoms with E-state index in [1.165, 1.54) is 5.56 Å². The summed E-state index contributed by atoms with van der Waals surface area (Å²) >= 11 is 0. The molecule has 0 atom stereocenters. The summed E-state index contributed by atoms with van der Waals surface area (Å²) in [7, 11) is 1.67. The first kappa shape index (κ1) is 13.1. The summed E-state index contributed by atoms with van der Waals surface area (Å²) in [5.41, 5.74) is 2.32. The molecule has 0 aromatic heterocycles. The van der Waals surface area contributed by atoms with Crippen molar-refractivity contribution in [1.82, 2.24) is 0 Å². The van der Waals surface area contributed by atoms with Crippen LogP contribution in [0.15, 0.2) is 65.7 Å². The molecule has 2 nitrogen and oxygen atoms in total. The molecule has 0 bridgehead atoms. The summed E-state index contributed by atoms with van der Waals surface area (Å²) in [6, 6.07) is 18.1. The number of ether oxygens (including phenoxy) is 1. The Morgan fingerprint density at radius 2 is 1.89 bits per heavy atom. The van der Waals surface area contributed by atoms with Gasteiger partial charge in [-0.25, -0.2) is 0 Å². The van der Waals surface area contributed by atoms with Gasteiger partial charge in [0.05, 0.1) is 13.7 Å². The minimum Gasteiger partial charge on any atom is -0.497 e. The molecule has 0 aliphatic rings. The molecule has 0 spiro atoms.